The summed E-state index contributed by atoms with van der Waals surface area (Å²) in [5, 5.41) is 0. The van der Waals surface area contributed by atoms with E-state index in [1.54, 1.807) is 0 Å². The fourth-order valence-corrected chi connectivity index (χ4v) is 2.44. The Morgan fingerprint density at radius 3 is 1.90 bits per heavy atom. The molecule has 2 atom stereocenters. The summed E-state index contributed by atoms with van der Waals surface area (Å²) in [5.41, 5.74) is 5.53. The Morgan fingerprint density at radius 2 is 1.35 bits per heavy atom. The molecule has 0 amide bonds. The van der Waals surface area contributed by atoms with Crippen LogP contribution >= 0.6 is 0 Å². The topological polar surface area (TPSA) is 35.2 Å². The van der Waals surface area contributed by atoms with Crippen molar-refractivity contribution in [3.05, 3.63) is 29.1 Å². The van der Waals surface area contributed by atoms with Gasteiger partial charge in [0.1, 0.15) is 6.10 Å². The highest BCUT2D eigenvalue weighted by Gasteiger charge is 2.32. The summed E-state index contributed by atoms with van der Waals surface area (Å²) >= 11 is 0. The number of nitrogens with two attached hydrogens (primary N) is 1. The van der Waals surface area contributed by atoms with E-state index in [0.29, 0.717) is 12.8 Å². The zero-order chi connectivity index (χ0) is 14.9. The molecule has 0 aliphatic heterocycles. The molecule has 2 unspecified atom stereocenters. The first-order valence-corrected chi connectivity index (χ1v) is 6.35. The molecule has 1 fully saturated rings. The standard InChI is InChI=1S/C13H14F5NO/c14-8-9(15)11(17)13(12(18)10(8)16)20-7-4-2-1-3-6(7)5-19/h6-7H,1-5,19H2. The Labute approximate surface area is 112 Å². The van der Waals surface area contributed by atoms with Gasteiger partial charge in [-0.15, -0.1) is 0 Å². The molecule has 20 heavy (non-hydrogen) atoms. The van der Waals surface area contributed by atoms with Crippen LogP contribution in [0.3, 0.4) is 0 Å². The van der Waals surface area contributed by atoms with E-state index in [2.05, 4.69) is 0 Å². The number of ether oxygens (including phenoxy) is 1. The molecule has 2 rings (SSSR count). The highest BCUT2D eigenvalue weighted by atomic mass is 19.2. The summed E-state index contributed by atoms with van der Waals surface area (Å²) in [7, 11) is 0. The minimum Gasteiger partial charge on any atom is -0.484 e. The molecule has 0 aromatic heterocycles. The Hall–Kier alpha value is -1.37. The van der Waals surface area contributed by atoms with Crippen LogP contribution in [-0.4, -0.2) is 12.6 Å². The van der Waals surface area contributed by atoms with E-state index in [-0.39, 0.29) is 12.5 Å². The molecular weight excluding hydrogens is 281 g/mol. The molecular formula is C13H14F5NO. The number of hydrogen-bond acceptors (Lipinski definition) is 2. The number of benzene rings is 1. The lowest BCUT2D eigenvalue weighted by atomic mass is 9.86. The van der Waals surface area contributed by atoms with Crippen LogP contribution in [0.1, 0.15) is 25.7 Å². The molecule has 7 heteroatoms. The normalized spacial score (nSPS) is 22.9. The highest BCUT2D eigenvalue weighted by molar-refractivity contribution is 5.30. The molecule has 0 bridgehead atoms. The van der Waals surface area contributed by atoms with Crippen molar-refractivity contribution in [2.24, 2.45) is 11.7 Å². The van der Waals surface area contributed by atoms with Gasteiger partial charge in [0.2, 0.25) is 29.1 Å². The van der Waals surface area contributed by atoms with Crippen molar-refractivity contribution in [3.63, 3.8) is 0 Å². The summed E-state index contributed by atoms with van der Waals surface area (Å²) in [6.45, 7) is 0.236. The molecule has 1 aliphatic carbocycles. The van der Waals surface area contributed by atoms with Gasteiger partial charge in [-0.05, 0) is 25.8 Å². The van der Waals surface area contributed by atoms with Crippen LogP contribution < -0.4 is 10.5 Å². The first-order valence-electron chi connectivity index (χ1n) is 6.35. The van der Waals surface area contributed by atoms with E-state index in [9.17, 15) is 22.0 Å². The average Bonchev–Trinajstić information content (AvgIpc) is 2.48. The van der Waals surface area contributed by atoms with E-state index in [0.717, 1.165) is 12.8 Å². The van der Waals surface area contributed by atoms with Gasteiger partial charge in [-0.1, -0.05) is 6.42 Å². The molecule has 2 nitrogen and oxygen atoms in total. The fraction of sp³-hybridized carbons (Fsp3) is 0.538. The highest BCUT2D eigenvalue weighted by Crippen LogP contribution is 2.33. The fourth-order valence-electron chi connectivity index (χ4n) is 2.44. The summed E-state index contributed by atoms with van der Waals surface area (Å²) in [6, 6.07) is 0. The van der Waals surface area contributed by atoms with Crippen molar-refractivity contribution in [3.8, 4) is 5.75 Å². The molecule has 1 aromatic rings. The Morgan fingerprint density at radius 1 is 0.850 bits per heavy atom. The third-order valence-electron chi connectivity index (χ3n) is 3.58. The van der Waals surface area contributed by atoms with E-state index >= 15 is 0 Å². The molecule has 1 aromatic carbocycles. The van der Waals surface area contributed by atoms with Crippen LogP contribution in [-0.2, 0) is 0 Å². The van der Waals surface area contributed by atoms with Gasteiger partial charge in [-0.2, -0.15) is 8.78 Å². The second kappa shape index (κ2) is 5.95. The monoisotopic (exact) mass is 295 g/mol. The van der Waals surface area contributed by atoms with Gasteiger partial charge in [-0.25, -0.2) is 13.2 Å². The maximum absolute atomic E-state index is 13.5. The second-order valence-corrected chi connectivity index (χ2v) is 4.84. The minimum atomic E-state index is -2.19. The van der Waals surface area contributed by atoms with E-state index in [4.69, 9.17) is 10.5 Å². The van der Waals surface area contributed by atoms with Gasteiger partial charge >= 0.3 is 0 Å². The number of hydrogen-bond donors (Lipinski definition) is 1. The Balaban J connectivity index is 2.33. The molecule has 0 heterocycles. The van der Waals surface area contributed by atoms with E-state index in [1.807, 2.05) is 0 Å². The average molecular weight is 295 g/mol. The predicted molar refractivity (Wildman–Crippen MR) is 61.7 cm³/mol. The summed E-state index contributed by atoms with van der Waals surface area (Å²) in [4.78, 5) is 0. The summed E-state index contributed by atoms with van der Waals surface area (Å²) in [6.07, 6.45) is 2.20. The zero-order valence-corrected chi connectivity index (χ0v) is 10.6. The van der Waals surface area contributed by atoms with E-state index < -0.39 is 40.9 Å². The van der Waals surface area contributed by atoms with Crippen LogP contribution in [0.2, 0.25) is 0 Å². The van der Waals surface area contributed by atoms with Crippen molar-refractivity contribution in [1.82, 2.24) is 0 Å². The predicted octanol–water partition coefficient (Wildman–Crippen LogP) is 3.28. The first kappa shape index (κ1) is 15.0. The van der Waals surface area contributed by atoms with Crippen LogP contribution in [0, 0.1) is 35.0 Å². The third kappa shape index (κ3) is 2.59. The minimum absolute atomic E-state index is 0.154. The lowest BCUT2D eigenvalue weighted by molar-refractivity contribution is 0.0853. The third-order valence-corrected chi connectivity index (χ3v) is 3.58. The van der Waals surface area contributed by atoms with Gasteiger partial charge < -0.3 is 10.5 Å². The smallest absolute Gasteiger partial charge is 0.207 e. The van der Waals surface area contributed by atoms with Gasteiger partial charge in [0, 0.05) is 5.92 Å². The SMILES string of the molecule is NCC1CCCCC1Oc1c(F)c(F)c(F)c(F)c1F. The van der Waals surface area contributed by atoms with Crippen LogP contribution in [0.25, 0.3) is 0 Å². The molecule has 112 valence electrons. The molecule has 1 aliphatic rings. The quantitative estimate of drug-likeness (QED) is 0.527. The van der Waals surface area contributed by atoms with Crippen molar-refractivity contribution in [1.29, 1.82) is 0 Å². The largest absolute Gasteiger partial charge is 0.484 e. The first-order chi connectivity index (χ1) is 9.47. The van der Waals surface area contributed by atoms with Gasteiger partial charge in [0.25, 0.3) is 0 Å². The summed E-state index contributed by atoms with van der Waals surface area (Å²) < 4.78 is 71.1. The van der Waals surface area contributed by atoms with Crippen LogP contribution in [0.4, 0.5) is 22.0 Å². The molecule has 2 N–H and O–H groups in total. The van der Waals surface area contributed by atoms with Crippen molar-refractivity contribution >= 4 is 0 Å². The second-order valence-electron chi connectivity index (χ2n) is 4.84. The maximum atomic E-state index is 13.5. The molecule has 1 saturated carbocycles. The van der Waals surface area contributed by atoms with Crippen molar-refractivity contribution < 1.29 is 26.7 Å². The lowest BCUT2D eigenvalue weighted by Gasteiger charge is -2.31. The Kier molecular flexibility index (Phi) is 4.47. The number of rotatable bonds is 3. The van der Waals surface area contributed by atoms with Gasteiger partial charge in [0.05, 0.1) is 0 Å². The van der Waals surface area contributed by atoms with Crippen molar-refractivity contribution in [2.45, 2.75) is 31.8 Å². The van der Waals surface area contributed by atoms with Gasteiger partial charge in [-0.3, -0.25) is 0 Å². The lowest BCUT2D eigenvalue weighted by Crippen LogP contribution is -2.35. The molecule has 0 spiro atoms. The number of halogens is 5. The Bertz CT molecular complexity index is 479. The zero-order valence-electron chi connectivity index (χ0n) is 10.6. The van der Waals surface area contributed by atoms with Gasteiger partial charge in [0.15, 0.2) is 5.75 Å². The molecule has 0 radical (unpaired) electrons. The van der Waals surface area contributed by atoms with Crippen molar-refractivity contribution in [2.75, 3.05) is 6.54 Å². The van der Waals surface area contributed by atoms with Crippen LogP contribution in [0.15, 0.2) is 0 Å². The summed E-state index contributed by atoms with van der Waals surface area (Å²) in [5.74, 6) is -11.4. The molecule has 0 saturated heterocycles. The maximum Gasteiger partial charge on any atom is 0.207 e. The van der Waals surface area contributed by atoms with E-state index in [1.165, 1.54) is 0 Å². The van der Waals surface area contributed by atoms with Crippen LogP contribution in [0.5, 0.6) is 5.75 Å².